The molecule has 0 atom stereocenters. The molecular weight excluding hydrogens is 496 g/mol. The molecule has 136 valence electrons. The highest BCUT2D eigenvalue weighted by Crippen LogP contribution is 2.35. The zero-order chi connectivity index (χ0) is 19.4. The van der Waals surface area contributed by atoms with E-state index in [-0.39, 0.29) is 24.3 Å². The highest BCUT2D eigenvalue weighted by molar-refractivity contribution is 9.10. The Labute approximate surface area is 177 Å². The van der Waals surface area contributed by atoms with E-state index in [0.717, 1.165) is 26.3 Å². The van der Waals surface area contributed by atoms with E-state index in [1.54, 1.807) is 24.3 Å². The van der Waals surface area contributed by atoms with Crippen molar-refractivity contribution in [1.82, 2.24) is 4.90 Å². The van der Waals surface area contributed by atoms with Crippen molar-refractivity contribution in [2.45, 2.75) is 6.54 Å². The zero-order valence-corrected chi connectivity index (χ0v) is 17.8. The second-order valence-electron chi connectivity index (χ2n) is 5.52. The summed E-state index contributed by atoms with van der Waals surface area (Å²) >= 11 is 7.63. The van der Waals surface area contributed by atoms with Crippen LogP contribution in [0.2, 0.25) is 0 Å². The summed E-state index contributed by atoms with van der Waals surface area (Å²) in [4.78, 5) is 26.6. The first-order chi connectivity index (χ1) is 13.0. The lowest BCUT2D eigenvalue weighted by Gasteiger charge is -2.12. The van der Waals surface area contributed by atoms with E-state index in [9.17, 15) is 9.59 Å². The topological polar surface area (TPSA) is 70.4 Å². The fourth-order valence-corrected chi connectivity index (χ4v) is 3.90. The maximum absolute atomic E-state index is 12.7. The Hall–Kier alpha value is -2.08. The van der Waals surface area contributed by atoms with Gasteiger partial charge < -0.3 is 4.74 Å². The molecule has 1 aliphatic rings. The van der Waals surface area contributed by atoms with Crippen LogP contribution in [0.1, 0.15) is 11.1 Å². The summed E-state index contributed by atoms with van der Waals surface area (Å²) < 4.78 is 7.13. The summed E-state index contributed by atoms with van der Waals surface area (Å²) in [7, 11) is 0. The molecule has 0 unspecified atom stereocenters. The molecule has 1 fully saturated rings. The Morgan fingerprint density at radius 2 is 1.81 bits per heavy atom. The summed E-state index contributed by atoms with van der Waals surface area (Å²) in [6, 6.07) is 14.6. The number of benzene rings is 2. The van der Waals surface area contributed by atoms with Crippen molar-refractivity contribution in [3.05, 3.63) is 67.4 Å². The van der Waals surface area contributed by atoms with Crippen molar-refractivity contribution in [2.24, 2.45) is 0 Å². The summed E-state index contributed by atoms with van der Waals surface area (Å²) in [6.07, 6.45) is 1.62. The number of hydrogen-bond donors (Lipinski definition) is 0. The van der Waals surface area contributed by atoms with Crippen LogP contribution < -0.4 is 4.74 Å². The van der Waals surface area contributed by atoms with E-state index in [2.05, 4.69) is 31.9 Å². The molecule has 2 amide bonds. The number of thioether (sulfide) groups is 1. The third kappa shape index (κ3) is 4.80. The molecule has 2 aromatic rings. The highest BCUT2D eigenvalue weighted by Gasteiger charge is 2.35. The quantitative estimate of drug-likeness (QED) is 0.510. The average molecular weight is 508 g/mol. The van der Waals surface area contributed by atoms with Crippen LogP contribution in [0.5, 0.6) is 5.75 Å². The van der Waals surface area contributed by atoms with Crippen LogP contribution >= 0.6 is 43.6 Å². The molecule has 0 spiro atoms. The molecule has 5 nitrogen and oxygen atoms in total. The average Bonchev–Trinajstić information content (AvgIpc) is 2.90. The monoisotopic (exact) mass is 506 g/mol. The minimum absolute atomic E-state index is 0.104. The van der Waals surface area contributed by atoms with Gasteiger partial charge in [-0.1, -0.05) is 44.0 Å². The molecule has 0 bridgehead atoms. The molecule has 1 heterocycles. The number of nitrogens with zero attached hydrogens (tertiary/aromatic N) is 2. The molecule has 8 heteroatoms. The molecule has 2 aromatic carbocycles. The van der Waals surface area contributed by atoms with Crippen LogP contribution in [-0.4, -0.2) is 22.7 Å². The summed E-state index contributed by atoms with van der Waals surface area (Å²) in [6.45, 7) is 0.110. The van der Waals surface area contributed by atoms with Crippen molar-refractivity contribution in [1.29, 1.82) is 5.26 Å². The lowest BCUT2D eigenvalue weighted by Crippen LogP contribution is -2.27. The van der Waals surface area contributed by atoms with E-state index in [1.807, 2.05) is 30.3 Å². The molecule has 0 saturated carbocycles. The zero-order valence-electron chi connectivity index (χ0n) is 13.8. The van der Waals surface area contributed by atoms with Crippen LogP contribution in [0.15, 0.2) is 56.3 Å². The molecule has 0 aromatic heterocycles. The first-order valence-corrected chi connectivity index (χ1v) is 10.2. The van der Waals surface area contributed by atoms with Crippen LogP contribution in [-0.2, 0) is 11.3 Å². The lowest BCUT2D eigenvalue weighted by molar-refractivity contribution is -0.123. The maximum atomic E-state index is 12.7. The molecule has 1 saturated heterocycles. The van der Waals surface area contributed by atoms with Crippen molar-refractivity contribution in [3.63, 3.8) is 0 Å². The Balaban J connectivity index is 1.85. The van der Waals surface area contributed by atoms with Gasteiger partial charge in [-0.05, 0) is 53.7 Å². The summed E-state index contributed by atoms with van der Waals surface area (Å²) in [5.74, 6) is 0.124. The van der Waals surface area contributed by atoms with Gasteiger partial charge in [-0.15, -0.1) is 0 Å². The van der Waals surface area contributed by atoms with Gasteiger partial charge in [0.15, 0.2) is 6.61 Å². The number of amides is 2. The van der Waals surface area contributed by atoms with Gasteiger partial charge in [0.25, 0.3) is 11.1 Å². The largest absolute Gasteiger partial charge is 0.478 e. The molecular formula is C19H12Br2N2O3S. The Kier molecular flexibility index (Phi) is 6.37. The number of carbonyl (C=O) groups is 2. The van der Waals surface area contributed by atoms with Gasteiger partial charge in [0.2, 0.25) is 0 Å². The molecule has 0 aliphatic carbocycles. The first kappa shape index (κ1) is 19.7. The van der Waals surface area contributed by atoms with E-state index in [4.69, 9.17) is 10.00 Å². The van der Waals surface area contributed by atoms with E-state index in [1.165, 1.54) is 4.90 Å². The van der Waals surface area contributed by atoms with Crippen molar-refractivity contribution < 1.29 is 14.3 Å². The minimum atomic E-state index is -0.348. The molecule has 27 heavy (non-hydrogen) atoms. The van der Waals surface area contributed by atoms with Gasteiger partial charge in [0, 0.05) is 14.5 Å². The van der Waals surface area contributed by atoms with Crippen molar-refractivity contribution in [2.75, 3.05) is 6.61 Å². The predicted octanol–water partition coefficient (Wildman–Crippen LogP) is 5.35. The standard InChI is InChI=1S/C19H12Br2N2O3S/c20-14-3-1-12(2-4-14)11-23-18(24)17(27-19(23)25)10-13-9-15(21)5-6-16(13)26-8-7-22/h1-6,9-10H,8,11H2/b17-10-. The van der Waals surface area contributed by atoms with E-state index in [0.29, 0.717) is 16.2 Å². The molecule has 0 radical (unpaired) electrons. The number of ether oxygens (including phenoxy) is 1. The number of hydrogen-bond acceptors (Lipinski definition) is 5. The van der Waals surface area contributed by atoms with E-state index < -0.39 is 0 Å². The predicted molar refractivity (Wildman–Crippen MR) is 111 cm³/mol. The Bertz CT molecular complexity index is 968. The third-order valence-electron chi connectivity index (χ3n) is 3.68. The van der Waals surface area contributed by atoms with Gasteiger partial charge in [0.05, 0.1) is 11.4 Å². The van der Waals surface area contributed by atoms with E-state index >= 15 is 0 Å². The first-order valence-electron chi connectivity index (χ1n) is 7.77. The number of nitriles is 1. The second-order valence-corrected chi connectivity index (χ2v) is 8.35. The number of carbonyl (C=O) groups excluding carboxylic acids is 2. The summed E-state index contributed by atoms with van der Waals surface area (Å²) in [5, 5.41) is 8.40. The number of rotatable bonds is 5. The van der Waals surface area contributed by atoms with Gasteiger partial charge in [-0.2, -0.15) is 5.26 Å². The third-order valence-corrected chi connectivity index (χ3v) is 5.61. The lowest BCUT2D eigenvalue weighted by atomic mass is 10.1. The van der Waals surface area contributed by atoms with Crippen LogP contribution in [0.3, 0.4) is 0 Å². The van der Waals surface area contributed by atoms with Crippen molar-refractivity contribution in [3.8, 4) is 11.8 Å². The van der Waals surface area contributed by atoms with Crippen LogP contribution in [0.25, 0.3) is 6.08 Å². The normalized spacial score (nSPS) is 15.3. The van der Waals surface area contributed by atoms with Gasteiger partial charge in [-0.3, -0.25) is 14.5 Å². The number of imide groups is 1. The smallest absolute Gasteiger partial charge is 0.293 e. The maximum Gasteiger partial charge on any atom is 0.293 e. The van der Waals surface area contributed by atoms with Gasteiger partial charge in [0.1, 0.15) is 11.8 Å². The Morgan fingerprint density at radius 3 is 2.52 bits per heavy atom. The van der Waals surface area contributed by atoms with Crippen LogP contribution in [0.4, 0.5) is 4.79 Å². The van der Waals surface area contributed by atoms with Crippen molar-refractivity contribution >= 4 is 60.8 Å². The Morgan fingerprint density at radius 1 is 1.11 bits per heavy atom. The number of halogens is 2. The second kappa shape index (κ2) is 8.74. The molecule has 0 N–H and O–H groups in total. The highest BCUT2D eigenvalue weighted by atomic mass is 79.9. The SMILES string of the molecule is N#CCOc1ccc(Br)cc1/C=C1\SC(=O)N(Cc2ccc(Br)cc2)C1=O. The van der Waals surface area contributed by atoms with Gasteiger partial charge in [-0.25, -0.2) is 0 Å². The molecule has 3 rings (SSSR count). The summed E-state index contributed by atoms with van der Waals surface area (Å²) in [5.41, 5.74) is 1.48. The fraction of sp³-hybridized carbons (Fsp3) is 0.105. The minimum Gasteiger partial charge on any atom is -0.478 e. The van der Waals surface area contributed by atoms with Gasteiger partial charge >= 0.3 is 0 Å². The molecule has 1 aliphatic heterocycles. The fourth-order valence-electron chi connectivity index (χ4n) is 2.42. The van der Waals surface area contributed by atoms with Crippen LogP contribution in [0, 0.1) is 11.3 Å².